The summed E-state index contributed by atoms with van der Waals surface area (Å²) in [6.07, 6.45) is 4.17. The van der Waals surface area contributed by atoms with E-state index in [-0.39, 0.29) is 0 Å². The van der Waals surface area contributed by atoms with Crippen LogP contribution < -0.4 is 5.32 Å². The van der Waals surface area contributed by atoms with Gasteiger partial charge in [0, 0.05) is 11.0 Å². The number of thiophene rings is 1. The molecule has 1 atom stereocenters. The molecule has 16 heavy (non-hydrogen) atoms. The second-order valence-electron chi connectivity index (χ2n) is 3.99. The lowest BCUT2D eigenvalue weighted by molar-refractivity contribution is 0.857. The molecule has 1 aromatic rings. The highest BCUT2D eigenvalue weighted by molar-refractivity contribution is 8.05. The van der Waals surface area contributed by atoms with Crippen molar-refractivity contribution in [3.8, 4) is 0 Å². The first kappa shape index (κ1) is 12.8. The number of hydrogen-bond acceptors (Lipinski definition) is 4. The summed E-state index contributed by atoms with van der Waals surface area (Å²) in [6, 6.07) is 4.35. The van der Waals surface area contributed by atoms with Crippen LogP contribution in [0.15, 0.2) is 21.7 Å². The van der Waals surface area contributed by atoms with Crippen molar-refractivity contribution >= 4 is 34.9 Å². The van der Waals surface area contributed by atoms with E-state index in [4.69, 9.17) is 0 Å². The molecule has 0 amide bonds. The SMILES string of the molecule is C1CCNC1.c1csc(SC2CCSC2)c1. The first-order chi connectivity index (χ1) is 7.95. The van der Waals surface area contributed by atoms with Crippen molar-refractivity contribution in [1.82, 2.24) is 5.32 Å². The zero-order valence-electron chi connectivity index (χ0n) is 9.48. The summed E-state index contributed by atoms with van der Waals surface area (Å²) in [6.45, 7) is 2.50. The van der Waals surface area contributed by atoms with Crippen LogP contribution in [0, 0.1) is 0 Å². The molecule has 2 fully saturated rings. The smallest absolute Gasteiger partial charge is 0.0601 e. The van der Waals surface area contributed by atoms with E-state index >= 15 is 0 Å². The van der Waals surface area contributed by atoms with Crippen LogP contribution in [0.4, 0.5) is 0 Å². The van der Waals surface area contributed by atoms with Crippen molar-refractivity contribution in [1.29, 1.82) is 0 Å². The fourth-order valence-corrected chi connectivity index (χ4v) is 5.45. The molecule has 3 heterocycles. The van der Waals surface area contributed by atoms with E-state index in [1.54, 1.807) is 0 Å². The highest BCUT2D eigenvalue weighted by Crippen LogP contribution is 2.35. The van der Waals surface area contributed by atoms with Gasteiger partial charge in [0.25, 0.3) is 0 Å². The molecule has 1 N–H and O–H groups in total. The molecule has 4 heteroatoms. The highest BCUT2D eigenvalue weighted by atomic mass is 32.2. The number of thioether (sulfide) groups is 2. The van der Waals surface area contributed by atoms with Crippen molar-refractivity contribution in [3.63, 3.8) is 0 Å². The lowest BCUT2D eigenvalue weighted by atomic mass is 10.4. The maximum absolute atomic E-state index is 3.22. The minimum atomic E-state index is 0.888. The first-order valence-corrected chi connectivity index (χ1v) is 8.85. The molecule has 0 aliphatic carbocycles. The van der Waals surface area contributed by atoms with Gasteiger partial charge in [-0.1, -0.05) is 6.07 Å². The van der Waals surface area contributed by atoms with E-state index in [0.717, 1.165) is 5.25 Å². The Morgan fingerprint density at radius 1 is 1.31 bits per heavy atom. The molecule has 90 valence electrons. The maximum atomic E-state index is 3.22. The molecule has 3 rings (SSSR count). The van der Waals surface area contributed by atoms with Gasteiger partial charge in [-0.15, -0.1) is 23.1 Å². The Bertz CT molecular complexity index is 256. The van der Waals surface area contributed by atoms with Gasteiger partial charge in [-0.2, -0.15) is 11.8 Å². The van der Waals surface area contributed by atoms with Crippen LogP contribution in [0.1, 0.15) is 19.3 Å². The van der Waals surface area contributed by atoms with Gasteiger partial charge in [-0.25, -0.2) is 0 Å². The number of nitrogens with one attached hydrogen (secondary N) is 1. The lowest BCUT2D eigenvalue weighted by Gasteiger charge is -2.03. The molecule has 1 aromatic heterocycles. The van der Waals surface area contributed by atoms with Gasteiger partial charge in [0.05, 0.1) is 4.21 Å². The van der Waals surface area contributed by atoms with Crippen molar-refractivity contribution in [3.05, 3.63) is 17.5 Å². The van der Waals surface area contributed by atoms with Gasteiger partial charge in [0.2, 0.25) is 0 Å². The lowest BCUT2D eigenvalue weighted by Crippen LogP contribution is -2.03. The Labute approximate surface area is 111 Å². The third-order valence-corrected chi connectivity index (χ3v) is 6.34. The van der Waals surface area contributed by atoms with E-state index in [2.05, 4.69) is 46.4 Å². The third kappa shape index (κ3) is 4.70. The summed E-state index contributed by atoms with van der Waals surface area (Å²) in [5, 5.41) is 6.27. The Hall–Kier alpha value is 0.360. The molecule has 1 nitrogen and oxygen atoms in total. The predicted octanol–water partition coefficient (Wildman–Crippen LogP) is 3.72. The summed E-state index contributed by atoms with van der Waals surface area (Å²) < 4.78 is 1.48. The second kappa shape index (κ2) is 7.64. The average Bonchev–Trinajstić information content (AvgIpc) is 3.05. The first-order valence-electron chi connectivity index (χ1n) is 5.94. The van der Waals surface area contributed by atoms with Gasteiger partial charge in [-0.3, -0.25) is 0 Å². The molecule has 0 saturated carbocycles. The summed E-state index contributed by atoms with van der Waals surface area (Å²) in [5.41, 5.74) is 0. The molecular formula is C12H19NS3. The van der Waals surface area contributed by atoms with Crippen molar-refractivity contribution in [2.45, 2.75) is 28.7 Å². The van der Waals surface area contributed by atoms with Crippen LogP contribution in [0.2, 0.25) is 0 Å². The third-order valence-electron chi connectivity index (χ3n) is 2.62. The van der Waals surface area contributed by atoms with E-state index in [1.165, 1.54) is 48.1 Å². The molecule has 0 spiro atoms. The second-order valence-corrected chi connectivity index (χ2v) is 7.69. The monoisotopic (exact) mass is 273 g/mol. The molecule has 2 saturated heterocycles. The van der Waals surface area contributed by atoms with Gasteiger partial charge in [0.1, 0.15) is 0 Å². The van der Waals surface area contributed by atoms with E-state index < -0.39 is 0 Å². The quantitative estimate of drug-likeness (QED) is 0.882. The van der Waals surface area contributed by atoms with Crippen LogP contribution >= 0.6 is 34.9 Å². The molecule has 2 aliphatic heterocycles. The van der Waals surface area contributed by atoms with Crippen molar-refractivity contribution in [2.75, 3.05) is 24.6 Å². The van der Waals surface area contributed by atoms with Crippen LogP contribution in [0.3, 0.4) is 0 Å². The van der Waals surface area contributed by atoms with Crippen LogP contribution in [-0.4, -0.2) is 29.8 Å². The van der Waals surface area contributed by atoms with Crippen LogP contribution in [-0.2, 0) is 0 Å². The summed E-state index contributed by atoms with van der Waals surface area (Å²) in [4.78, 5) is 0. The summed E-state index contributed by atoms with van der Waals surface area (Å²) >= 11 is 6.01. The normalized spacial score (nSPS) is 24.1. The van der Waals surface area contributed by atoms with E-state index in [1.807, 2.05) is 11.3 Å². The van der Waals surface area contributed by atoms with Crippen molar-refractivity contribution in [2.24, 2.45) is 0 Å². The fourth-order valence-electron chi connectivity index (χ4n) is 1.73. The zero-order valence-corrected chi connectivity index (χ0v) is 11.9. The Kier molecular flexibility index (Phi) is 6.12. The fraction of sp³-hybridized carbons (Fsp3) is 0.667. The predicted molar refractivity (Wildman–Crippen MR) is 78.0 cm³/mol. The van der Waals surface area contributed by atoms with Crippen molar-refractivity contribution < 1.29 is 0 Å². The number of rotatable bonds is 2. The summed E-state index contributed by atoms with van der Waals surface area (Å²) in [7, 11) is 0. The van der Waals surface area contributed by atoms with E-state index in [0.29, 0.717) is 0 Å². The topological polar surface area (TPSA) is 12.0 Å². The van der Waals surface area contributed by atoms with E-state index in [9.17, 15) is 0 Å². The molecule has 2 aliphatic rings. The zero-order chi connectivity index (χ0) is 11.1. The number of hydrogen-bond donors (Lipinski definition) is 1. The van der Waals surface area contributed by atoms with Gasteiger partial charge >= 0.3 is 0 Å². The molecule has 0 bridgehead atoms. The Morgan fingerprint density at radius 2 is 2.19 bits per heavy atom. The largest absolute Gasteiger partial charge is 0.317 e. The minimum Gasteiger partial charge on any atom is -0.317 e. The summed E-state index contributed by atoms with van der Waals surface area (Å²) in [5.74, 6) is 2.71. The molecule has 0 radical (unpaired) electrons. The van der Waals surface area contributed by atoms with Crippen LogP contribution in [0.5, 0.6) is 0 Å². The Balaban J connectivity index is 0.000000162. The molecule has 0 aromatic carbocycles. The molecule has 1 unspecified atom stereocenters. The standard InChI is InChI=1S/C8H10S3.C4H9N/c1-2-8(10-4-1)11-7-3-5-9-6-7;1-2-4-5-3-1/h1-2,4,7H,3,5-6H2;5H,1-4H2. The Morgan fingerprint density at radius 3 is 2.69 bits per heavy atom. The highest BCUT2D eigenvalue weighted by Gasteiger charge is 2.16. The van der Waals surface area contributed by atoms with Gasteiger partial charge in [-0.05, 0) is 49.6 Å². The van der Waals surface area contributed by atoms with Gasteiger partial charge in [0.15, 0.2) is 0 Å². The van der Waals surface area contributed by atoms with Gasteiger partial charge < -0.3 is 5.32 Å². The average molecular weight is 273 g/mol. The minimum absolute atomic E-state index is 0.888. The van der Waals surface area contributed by atoms with Crippen LogP contribution in [0.25, 0.3) is 0 Å². The maximum Gasteiger partial charge on any atom is 0.0601 e. The molecular weight excluding hydrogens is 254 g/mol.